The Morgan fingerprint density at radius 2 is 2.00 bits per heavy atom. The molecule has 1 heterocycles. The Morgan fingerprint density at radius 1 is 1.31 bits per heavy atom. The van der Waals surface area contributed by atoms with E-state index in [0.717, 1.165) is 4.73 Å². The van der Waals surface area contributed by atoms with E-state index < -0.39 is 17.2 Å². The van der Waals surface area contributed by atoms with Gasteiger partial charge in [0.15, 0.2) is 0 Å². The largest absolute Gasteiger partial charge is 0.362 e. The lowest BCUT2D eigenvalue weighted by Gasteiger charge is -2.06. The molecule has 0 radical (unpaired) electrons. The number of hydrogen-bond acceptors (Lipinski definition) is 4. The molecular weight excluding hydrogens is 212 g/mol. The number of para-hydroxylation sites is 1. The number of benzene rings is 1. The van der Waals surface area contributed by atoms with Crippen LogP contribution in [0.5, 0.6) is 0 Å². The van der Waals surface area contributed by atoms with Crippen molar-refractivity contribution in [1.29, 1.82) is 0 Å². The molecule has 0 aliphatic carbocycles. The Bertz CT molecular complexity index is 668. The summed E-state index contributed by atoms with van der Waals surface area (Å²) in [6.45, 7) is 1.17. The first kappa shape index (κ1) is 10.2. The number of aromatic nitrogens is 2. The van der Waals surface area contributed by atoms with Gasteiger partial charge in [0.25, 0.3) is 5.56 Å². The normalized spacial score (nSPS) is 10.3. The number of fused-ring (bicyclic) bond motifs is 1. The molecule has 82 valence electrons. The van der Waals surface area contributed by atoms with Crippen LogP contribution in [0.2, 0.25) is 0 Å². The zero-order chi connectivity index (χ0) is 11.7. The third kappa shape index (κ3) is 1.60. The second-order valence-electron chi connectivity index (χ2n) is 3.15. The van der Waals surface area contributed by atoms with Gasteiger partial charge in [0.05, 0.1) is 10.9 Å². The van der Waals surface area contributed by atoms with E-state index >= 15 is 0 Å². The SMILES string of the molecule is CC(=O)On1c(=O)[nH]c(=O)c2ccccc21. The van der Waals surface area contributed by atoms with Crippen LogP contribution in [0.4, 0.5) is 0 Å². The number of nitrogens with zero attached hydrogens (tertiary/aromatic N) is 1. The fourth-order valence-electron chi connectivity index (χ4n) is 1.39. The molecule has 2 rings (SSSR count). The number of H-pyrrole nitrogens is 1. The molecule has 0 aliphatic rings. The fourth-order valence-corrected chi connectivity index (χ4v) is 1.39. The molecule has 6 nitrogen and oxygen atoms in total. The number of nitrogens with one attached hydrogen (secondary N) is 1. The number of carbonyl (C=O) groups is 1. The third-order valence-corrected chi connectivity index (χ3v) is 1.99. The van der Waals surface area contributed by atoms with Crippen molar-refractivity contribution in [3.63, 3.8) is 0 Å². The highest BCUT2D eigenvalue weighted by molar-refractivity contribution is 5.78. The van der Waals surface area contributed by atoms with E-state index in [-0.39, 0.29) is 10.9 Å². The molecule has 0 spiro atoms. The quantitative estimate of drug-likeness (QED) is 0.713. The summed E-state index contributed by atoms with van der Waals surface area (Å²) in [6, 6.07) is 6.35. The summed E-state index contributed by atoms with van der Waals surface area (Å²) in [5.41, 5.74) is -1.03. The van der Waals surface area contributed by atoms with Crippen LogP contribution in [0.1, 0.15) is 6.92 Å². The Hall–Kier alpha value is -2.37. The van der Waals surface area contributed by atoms with Crippen LogP contribution in [-0.4, -0.2) is 15.7 Å². The minimum Gasteiger partial charge on any atom is -0.332 e. The molecule has 0 saturated carbocycles. The van der Waals surface area contributed by atoms with E-state index in [4.69, 9.17) is 4.84 Å². The molecular formula is C10H8N2O4. The van der Waals surface area contributed by atoms with Crippen molar-refractivity contribution in [2.75, 3.05) is 0 Å². The van der Waals surface area contributed by atoms with E-state index in [1.165, 1.54) is 19.1 Å². The number of carbonyl (C=O) groups excluding carboxylic acids is 1. The zero-order valence-electron chi connectivity index (χ0n) is 8.39. The molecule has 1 N–H and O–H groups in total. The standard InChI is InChI=1S/C10H8N2O4/c1-6(13)16-12-8-5-3-2-4-7(8)9(14)11-10(12)15/h2-5H,1H3,(H,11,14,15). The molecule has 1 aromatic carbocycles. The maximum absolute atomic E-state index is 11.4. The second-order valence-corrected chi connectivity index (χ2v) is 3.15. The summed E-state index contributed by atoms with van der Waals surface area (Å²) in [5.74, 6) is -0.640. The van der Waals surface area contributed by atoms with E-state index in [1.54, 1.807) is 12.1 Å². The van der Waals surface area contributed by atoms with Gasteiger partial charge in [0, 0.05) is 6.92 Å². The van der Waals surface area contributed by atoms with Crippen LogP contribution < -0.4 is 16.1 Å². The average molecular weight is 220 g/mol. The van der Waals surface area contributed by atoms with Crippen molar-refractivity contribution >= 4 is 16.9 Å². The Labute approximate surface area is 89.0 Å². The molecule has 16 heavy (non-hydrogen) atoms. The van der Waals surface area contributed by atoms with Gasteiger partial charge in [-0.05, 0) is 12.1 Å². The number of aromatic amines is 1. The fraction of sp³-hybridized carbons (Fsp3) is 0.100. The molecule has 0 saturated heterocycles. The molecule has 0 bridgehead atoms. The Balaban J connectivity index is 2.87. The highest BCUT2D eigenvalue weighted by Crippen LogP contribution is 2.04. The topological polar surface area (TPSA) is 81.2 Å². The van der Waals surface area contributed by atoms with Gasteiger partial charge in [-0.3, -0.25) is 9.78 Å². The van der Waals surface area contributed by atoms with Crippen LogP contribution >= 0.6 is 0 Å². The van der Waals surface area contributed by atoms with Crippen molar-refractivity contribution in [2.45, 2.75) is 6.92 Å². The summed E-state index contributed by atoms with van der Waals surface area (Å²) in [4.78, 5) is 40.4. The Kier molecular flexibility index (Phi) is 2.32. The van der Waals surface area contributed by atoms with Crippen LogP contribution in [0.3, 0.4) is 0 Å². The summed E-state index contributed by atoms with van der Waals surface area (Å²) in [6.07, 6.45) is 0. The van der Waals surface area contributed by atoms with E-state index in [2.05, 4.69) is 4.98 Å². The lowest BCUT2D eigenvalue weighted by Crippen LogP contribution is -2.35. The third-order valence-electron chi connectivity index (χ3n) is 1.99. The van der Waals surface area contributed by atoms with Crippen LogP contribution in [0.25, 0.3) is 10.9 Å². The minimum absolute atomic E-state index is 0.256. The summed E-state index contributed by atoms with van der Waals surface area (Å²) in [5, 5.41) is 0.281. The lowest BCUT2D eigenvalue weighted by molar-refractivity contribution is -0.141. The highest BCUT2D eigenvalue weighted by Gasteiger charge is 2.08. The van der Waals surface area contributed by atoms with Gasteiger partial charge in [-0.15, -0.1) is 4.73 Å². The van der Waals surface area contributed by atoms with Gasteiger partial charge >= 0.3 is 11.7 Å². The van der Waals surface area contributed by atoms with Crippen molar-refractivity contribution < 1.29 is 9.63 Å². The predicted molar refractivity (Wildman–Crippen MR) is 56.1 cm³/mol. The van der Waals surface area contributed by atoms with Crippen LogP contribution in [-0.2, 0) is 4.79 Å². The van der Waals surface area contributed by atoms with Crippen LogP contribution in [0.15, 0.2) is 33.9 Å². The van der Waals surface area contributed by atoms with Gasteiger partial charge in [-0.25, -0.2) is 9.59 Å². The van der Waals surface area contributed by atoms with Crippen LogP contribution in [0, 0.1) is 0 Å². The van der Waals surface area contributed by atoms with E-state index in [1.807, 2.05) is 0 Å². The average Bonchev–Trinajstić information content (AvgIpc) is 2.24. The first-order valence-electron chi connectivity index (χ1n) is 4.52. The molecule has 6 heteroatoms. The maximum atomic E-state index is 11.4. The van der Waals surface area contributed by atoms with E-state index in [9.17, 15) is 14.4 Å². The highest BCUT2D eigenvalue weighted by atomic mass is 16.7. The van der Waals surface area contributed by atoms with Gasteiger partial charge in [0.1, 0.15) is 0 Å². The summed E-state index contributed by atoms with van der Waals surface area (Å²) in [7, 11) is 0. The first-order valence-corrected chi connectivity index (χ1v) is 4.52. The van der Waals surface area contributed by atoms with Gasteiger partial charge in [-0.2, -0.15) is 0 Å². The molecule has 2 aromatic rings. The lowest BCUT2D eigenvalue weighted by atomic mass is 10.2. The monoisotopic (exact) mass is 220 g/mol. The smallest absolute Gasteiger partial charge is 0.332 e. The number of rotatable bonds is 1. The van der Waals surface area contributed by atoms with Crippen molar-refractivity contribution in [2.24, 2.45) is 0 Å². The van der Waals surface area contributed by atoms with Crippen molar-refractivity contribution in [3.8, 4) is 0 Å². The zero-order valence-corrected chi connectivity index (χ0v) is 8.39. The molecule has 0 aliphatic heterocycles. The van der Waals surface area contributed by atoms with Gasteiger partial charge < -0.3 is 4.84 Å². The predicted octanol–water partition coefficient (Wildman–Crippen LogP) is -0.335. The molecule has 0 atom stereocenters. The number of hydrogen-bond donors (Lipinski definition) is 1. The van der Waals surface area contributed by atoms with Crippen molar-refractivity contribution in [3.05, 3.63) is 45.1 Å². The maximum Gasteiger partial charge on any atom is 0.362 e. The van der Waals surface area contributed by atoms with Crippen molar-refractivity contribution in [1.82, 2.24) is 9.71 Å². The first-order chi connectivity index (χ1) is 7.59. The van der Waals surface area contributed by atoms with Gasteiger partial charge in [0.2, 0.25) is 0 Å². The van der Waals surface area contributed by atoms with Gasteiger partial charge in [-0.1, -0.05) is 12.1 Å². The molecule has 1 aromatic heterocycles. The van der Waals surface area contributed by atoms with E-state index in [0.29, 0.717) is 0 Å². The summed E-state index contributed by atoms with van der Waals surface area (Å²) < 4.78 is 0.763. The Morgan fingerprint density at radius 3 is 2.69 bits per heavy atom. The minimum atomic E-state index is -0.779. The second kappa shape index (κ2) is 3.65. The molecule has 0 unspecified atom stereocenters. The molecule has 0 fully saturated rings. The molecule has 0 amide bonds. The summed E-state index contributed by atoms with van der Waals surface area (Å²) >= 11 is 0.